The van der Waals surface area contributed by atoms with E-state index in [4.69, 9.17) is 0 Å². The molecular weight excluding hydrogens is 385 g/mol. The first kappa shape index (κ1) is 19.3. The Balaban J connectivity index is 1.76. The van der Waals surface area contributed by atoms with Crippen LogP contribution in [0.1, 0.15) is 17.0 Å². The minimum atomic E-state index is -0.872. The zero-order valence-electron chi connectivity index (χ0n) is 16.3. The van der Waals surface area contributed by atoms with Gasteiger partial charge in [-0.1, -0.05) is 18.2 Å². The van der Waals surface area contributed by atoms with Crippen molar-refractivity contribution in [2.75, 3.05) is 4.90 Å². The third-order valence-electron chi connectivity index (χ3n) is 4.97. The largest absolute Gasteiger partial charge is 0.335 e. The fourth-order valence-electron chi connectivity index (χ4n) is 3.55. The number of imide groups is 2. The van der Waals surface area contributed by atoms with Gasteiger partial charge in [0.25, 0.3) is 11.8 Å². The molecule has 0 unspecified atom stereocenters. The predicted octanol–water partition coefficient (Wildman–Crippen LogP) is 3.90. The van der Waals surface area contributed by atoms with Crippen molar-refractivity contribution < 1.29 is 18.8 Å². The van der Waals surface area contributed by atoms with Gasteiger partial charge in [-0.2, -0.15) is 0 Å². The predicted molar refractivity (Wildman–Crippen MR) is 111 cm³/mol. The van der Waals surface area contributed by atoms with Crippen molar-refractivity contribution in [2.45, 2.75) is 13.8 Å². The number of rotatable bonds is 3. The molecule has 3 aromatic rings. The maximum atomic E-state index is 13.2. The normalized spacial score (nSPS) is 15.6. The monoisotopic (exact) mass is 403 g/mol. The fourth-order valence-corrected chi connectivity index (χ4v) is 3.55. The van der Waals surface area contributed by atoms with Crippen molar-refractivity contribution in [2.24, 2.45) is 0 Å². The third-order valence-corrected chi connectivity index (χ3v) is 4.97. The highest BCUT2D eigenvalue weighted by molar-refractivity contribution is 6.39. The smallest absolute Gasteiger partial charge is 0.318 e. The average molecular weight is 403 g/mol. The Hall–Kier alpha value is -4.00. The summed E-state index contributed by atoms with van der Waals surface area (Å²) in [5, 5.41) is 2.17. The van der Waals surface area contributed by atoms with Crippen LogP contribution >= 0.6 is 0 Å². The molecule has 2 heterocycles. The quantitative estimate of drug-likeness (QED) is 0.533. The molecule has 1 aliphatic rings. The molecule has 7 heteroatoms. The van der Waals surface area contributed by atoms with Crippen molar-refractivity contribution in [3.63, 3.8) is 0 Å². The number of hydrogen-bond acceptors (Lipinski definition) is 3. The molecule has 150 valence electrons. The summed E-state index contributed by atoms with van der Waals surface area (Å²) in [5.74, 6) is -2.03. The van der Waals surface area contributed by atoms with E-state index in [0.29, 0.717) is 5.56 Å². The van der Waals surface area contributed by atoms with Crippen LogP contribution in [0.3, 0.4) is 0 Å². The van der Waals surface area contributed by atoms with Gasteiger partial charge in [0.15, 0.2) is 0 Å². The van der Waals surface area contributed by atoms with E-state index in [9.17, 15) is 18.8 Å². The molecule has 6 nitrogen and oxygen atoms in total. The summed E-state index contributed by atoms with van der Waals surface area (Å²) in [6.07, 6.45) is 1.47. The van der Waals surface area contributed by atoms with Gasteiger partial charge in [0.05, 0.1) is 5.69 Å². The maximum absolute atomic E-state index is 13.2. The molecule has 0 atom stereocenters. The van der Waals surface area contributed by atoms with Gasteiger partial charge in [0.2, 0.25) is 0 Å². The van der Waals surface area contributed by atoms with Gasteiger partial charge >= 0.3 is 6.03 Å². The van der Waals surface area contributed by atoms with Gasteiger partial charge in [-0.3, -0.25) is 14.9 Å². The van der Waals surface area contributed by atoms with Crippen molar-refractivity contribution in [1.29, 1.82) is 0 Å². The van der Waals surface area contributed by atoms with E-state index < -0.39 is 23.7 Å². The van der Waals surface area contributed by atoms with Crippen LogP contribution in [-0.2, 0) is 9.59 Å². The van der Waals surface area contributed by atoms with Crippen molar-refractivity contribution in [1.82, 2.24) is 9.88 Å². The summed E-state index contributed by atoms with van der Waals surface area (Å²) in [6, 6.07) is 15.6. The lowest BCUT2D eigenvalue weighted by atomic mass is 10.1. The number of hydrogen-bond donors (Lipinski definition) is 1. The molecule has 1 aliphatic heterocycles. The number of para-hydroxylation sites is 1. The summed E-state index contributed by atoms with van der Waals surface area (Å²) in [6.45, 7) is 3.82. The van der Waals surface area contributed by atoms with E-state index in [2.05, 4.69) is 5.32 Å². The number of carbonyl (C=O) groups is 3. The molecular formula is C23H18FN3O3. The van der Waals surface area contributed by atoms with E-state index in [1.165, 1.54) is 18.2 Å². The van der Waals surface area contributed by atoms with Gasteiger partial charge < -0.3 is 4.57 Å². The molecule has 0 saturated carbocycles. The van der Waals surface area contributed by atoms with E-state index in [1.807, 2.05) is 54.8 Å². The Morgan fingerprint density at radius 3 is 2.23 bits per heavy atom. The second-order valence-electron chi connectivity index (χ2n) is 6.93. The minimum Gasteiger partial charge on any atom is -0.318 e. The number of nitrogens with one attached hydrogen (secondary N) is 1. The molecule has 0 bridgehead atoms. The van der Waals surface area contributed by atoms with Gasteiger partial charge in [-0.05, 0) is 68.0 Å². The molecule has 0 radical (unpaired) electrons. The lowest BCUT2D eigenvalue weighted by molar-refractivity contribution is -0.122. The highest BCUT2D eigenvalue weighted by Crippen LogP contribution is 2.26. The molecule has 1 aromatic heterocycles. The fraction of sp³-hybridized carbons (Fsp3) is 0.0870. The van der Waals surface area contributed by atoms with Gasteiger partial charge in [0, 0.05) is 17.1 Å². The van der Waals surface area contributed by atoms with Crippen molar-refractivity contribution >= 4 is 29.6 Å². The number of benzene rings is 2. The van der Waals surface area contributed by atoms with E-state index in [0.717, 1.165) is 34.1 Å². The lowest BCUT2D eigenvalue weighted by Gasteiger charge is -2.26. The zero-order valence-corrected chi connectivity index (χ0v) is 16.3. The first-order chi connectivity index (χ1) is 14.4. The Bertz CT molecular complexity index is 1190. The SMILES string of the molecule is Cc1cc(/C=C2/C(=O)NC(=O)N(c3ccc(F)cc3)C2=O)c(C)n1-c1ccccc1. The number of halogens is 1. The van der Waals surface area contributed by atoms with E-state index in [1.54, 1.807) is 0 Å². The highest BCUT2D eigenvalue weighted by atomic mass is 19.1. The van der Waals surface area contributed by atoms with Crippen LogP contribution in [0.2, 0.25) is 0 Å². The van der Waals surface area contributed by atoms with Gasteiger partial charge in [0.1, 0.15) is 11.4 Å². The third kappa shape index (κ3) is 3.30. The highest BCUT2D eigenvalue weighted by Gasteiger charge is 2.37. The molecule has 30 heavy (non-hydrogen) atoms. The van der Waals surface area contributed by atoms with Crippen LogP contribution in [0.15, 0.2) is 66.2 Å². The number of aromatic nitrogens is 1. The molecule has 1 saturated heterocycles. The topological polar surface area (TPSA) is 71.4 Å². The molecule has 4 rings (SSSR count). The summed E-state index contributed by atoms with van der Waals surface area (Å²) in [4.78, 5) is 38.5. The molecule has 1 fully saturated rings. The van der Waals surface area contributed by atoms with E-state index in [-0.39, 0.29) is 11.3 Å². The first-order valence-electron chi connectivity index (χ1n) is 9.28. The summed E-state index contributed by atoms with van der Waals surface area (Å²) < 4.78 is 15.2. The van der Waals surface area contributed by atoms with Crippen LogP contribution in [0.4, 0.5) is 14.9 Å². The van der Waals surface area contributed by atoms with E-state index >= 15 is 0 Å². The zero-order chi connectivity index (χ0) is 21.4. The number of anilines is 1. The Morgan fingerprint density at radius 1 is 0.900 bits per heavy atom. The number of aryl methyl sites for hydroxylation is 1. The number of nitrogens with zero attached hydrogens (tertiary/aromatic N) is 2. The second kappa shape index (κ2) is 7.44. The summed E-state index contributed by atoms with van der Waals surface area (Å²) in [5.41, 5.74) is 3.42. The molecule has 4 amide bonds. The van der Waals surface area contributed by atoms with Gasteiger partial charge in [-0.15, -0.1) is 0 Å². The van der Waals surface area contributed by atoms with Crippen molar-refractivity contribution in [3.8, 4) is 5.69 Å². The summed E-state index contributed by atoms with van der Waals surface area (Å²) >= 11 is 0. The molecule has 0 spiro atoms. The van der Waals surface area contributed by atoms with Crippen LogP contribution in [0, 0.1) is 19.7 Å². The standard InChI is InChI=1S/C23H18FN3O3/c1-14-12-16(15(2)26(14)18-6-4-3-5-7-18)13-20-21(28)25-23(30)27(22(20)29)19-10-8-17(24)9-11-19/h3-13H,1-2H3,(H,25,28,30)/b20-13-. The number of barbiturate groups is 1. The molecule has 0 aliphatic carbocycles. The van der Waals surface area contributed by atoms with Crippen molar-refractivity contribution in [3.05, 3.63) is 89.0 Å². The molecule has 1 N–H and O–H groups in total. The van der Waals surface area contributed by atoms with Crippen LogP contribution in [-0.4, -0.2) is 22.4 Å². The van der Waals surface area contributed by atoms with Gasteiger partial charge in [-0.25, -0.2) is 14.1 Å². The number of urea groups is 1. The van der Waals surface area contributed by atoms with Crippen LogP contribution < -0.4 is 10.2 Å². The molecule has 2 aromatic carbocycles. The van der Waals surface area contributed by atoms with Crippen LogP contribution in [0.5, 0.6) is 0 Å². The Morgan fingerprint density at radius 2 is 1.57 bits per heavy atom. The number of amides is 4. The minimum absolute atomic E-state index is 0.173. The van der Waals surface area contributed by atoms with Crippen LogP contribution in [0.25, 0.3) is 11.8 Å². The Labute approximate surface area is 172 Å². The maximum Gasteiger partial charge on any atom is 0.335 e. The first-order valence-corrected chi connectivity index (χ1v) is 9.28. The average Bonchev–Trinajstić information content (AvgIpc) is 3.00. The second-order valence-corrected chi connectivity index (χ2v) is 6.93. The lowest BCUT2D eigenvalue weighted by Crippen LogP contribution is -2.54. The Kier molecular flexibility index (Phi) is 4.79. The number of carbonyl (C=O) groups excluding carboxylic acids is 3. The summed E-state index contributed by atoms with van der Waals surface area (Å²) in [7, 11) is 0.